The number of pyridine rings is 2. The zero-order valence-electron chi connectivity index (χ0n) is 15.2. The third-order valence-corrected chi connectivity index (χ3v) is 4.48. The van der Waals surface area contributed by atoms with Crippen molar-refractivity contribution < 1.29 is 4.79 Å². The van der Waals surface area contributed by atoms with Gasteiger partial charge in [-0.15, -0.1) is 0 Å². The summed E-state index contributed by atoms with van der Waals surface area (Å²) in [5.41, 5.74) is 4.39. The number of fused-ring (bicyclic) bond motifs is 1. The Bertz CT molecular complexity index is 859. The number of rotatable bonds is 8. The Hall–Kier alpha value is -2.75. The highest BCUT2D eigenvalue weighted by Crippen LogP contribution is 2.11. The van der Waals surface area contributed by atoms with Gasteiger partial charge in [0.05, 0.1) is 11.0 Å². The number of benzene rings is 1. The van der Waals surface area contributed by atoms with Gasteiger partial charge in [-0.05, 0) is 48.2 Å². The predicted octanol–water partition coefficient (Wildman–Crippen LogP) is 4.68. The van der Waals surface area contributed by atoms with Gasteiger partial charge in [-0.2, -0.15) is 0 Å². The molecule has 0 aliphatic heterocycles. The first-order valence-electron chi connectivity index (χ1n) is 9.34. The smallest absolute Gasteiger partial charge is 0.270 e. The minimum Gasteiger partial charge on any atom is -0.347 e. The molecule has 0 aliphatic carbocycles. The molecule has 0 radical (unpaired) electrons. The maximum absolute atomic E-state index is 12.3. The molecule has 26 heavy (non-hydrogen) atoms. The summed E-state index contributed by atoms with van der Waals surface area (Å²) in [6, 6.07) is 15.7. The van der Waals surface area contributed by atoms with Gasteiger partial charge in [-0.3, -0.25) is 9.78 Å². The van der Waals surface area contributed by atoms with Gasteiger partial charge in [0.1, 0.15) is 5.69 Å². The number of nitrogens with zero attached hydrogens (tertiary/aromatic N) is 2. The summed E-state index contributed by atoms with van der Waals surface area (Å²) in [5, 5.41) is 2.94. The van der Waals surface area contributed by atoms with Crippen LogP contribution in [0.15, 0.2) is 54.7 Å². The molecule has 0 aliphatic rings. The standard InChI is InChI=1S/C22H25N3O/c1-2-3-4-5-7-17-9-11-18(12-10-17)16-24-22(26)21-14-13-19-20(25-21)8-6-15-23-19/h6,8-15H,2-5,7,16H2,1H3,(H,24,26). The van der Waals surface area contributed by atoms with E-state index in [9.17, 15) is 4.79 Å². The summed E-state index contributed by atoms with van der Waals surface area (Å²) in [6.07, 6.45) is 7.96. The van der Waals surface area contributed by atoms with Crippen molar-refractivity contribution >= 4 is 16.9 Å². The molecular weight excluding hydrogens is 322 g/mol. The minimum absolute atomic E-state index is 0.167. The number of aryl methyl sites for hydroxylation is 1. The van der Waals surface area contributed by atoms with Crippen LogP contribution >= 0.6 is 0 Å². The van der Waals surface area contributed by atoms with Gasteiger partial charge >= 0.3 is 0 Å². The molecule has 2 aromatic heterocycles. The molecule has 3 aromatic rings. The first-order chi connectivity index (χ1) is 12.8. The van der Waals surface area contributed by atoms with E-state index in [0.717, 1.165) is 23.0 Å². The van der Waals surface area contributed by atoms with Gasteiger partial charge in [-0.25, -0.2) is 4.98 Å². The molecule has 0 atom stereocenters. The number of unbranched alkanes of at least 4 members (excludes halogenated alkanes) is 3. The molecule has 4 nitrogen and oxygen atoms in total. The molecule has 0 bridgehead atoms. The quantitative estimate of drug-likeness (QED) is 0.602. The molecule has 0 saturated carbocycles. The largest absolute Gasteiger partial charge is 0.347 e. The van der Waals surface area contributed by atoms with E-state index in [0.29, 0.717) is 12.2 Å². The van der Waals surface area contributed by atoms with E-state index < -0.39 is 0 Å². The Morgan fingerprint density at radius 1 is 0.923 bits per heavy atom. The lowest BCUT2D eigenvalue weighted by atomic mass is 10.0. The number of carbonyl (C=O) groups is 1. The van der Waals surface area contributed by atoms with Gasteiger partial charge in [0.15, 0.2) is 0 Å². The molecule has 0 fully saturated rings. The molecule has 134 valence electrons. The Labute approximate surface area is 154 Å². The maximum Gasteiger partial charge on any atom is 0.270 e. The molecule has 0 saturated heterocycles. The molecule has 0 unspecified atom stereocenters. The molecule has 1 amide bonds. The summed E-state index contributed by atoms with van der Waals surface area (Å²) < 4.78 is 0. The molecule has 0 spiro atoms. The van der Waals surface area contributed by atoms with Crippen molar-refractivity contribution in [2.75, 3.05) is 0 Å². The summed E-state index contributed by atoms with van der Waals surface area (Å²) in [6.45, 7) is 2.73. The van der Waals surface area contributed by atoms with Gasteiger partial charge in [0.25, 0.3) is 5.91 Å². The average Bonchev–Trinajstić information content (AvgIpc) is 2.70. The van der Waals surface area contributed by atoms with Crippen molar-refractivity contribution in [3.05, 3.63) is 71.5 Å². The SMILES string of the molecule is CCCCCCc1ccc(CNC(=O)c2ccc3ncccc3n2)cc1. The van der Waals surface area contributed by atoms with E-state index in [-0.39, 0.29) is 5.91 Å². The fourth-order valence-electron chi connectivity index (χ4n) is 2.94. The first-order valence-corrected chi connectivity index (χ1v) is 9.34. The molecule has 1 N–H and O–H groups in total. The zero-order valence-corrected chi connectivity index (χ0v) is 15.2. The summed E-state index contributed by atoms with van der Waals surface area (Å²) in [5.74, 6) is -0.167. The zero-order chi connectivity index (χ0) is 18.2. The number of nitrogens with one attached hydrogen (secondary N) is 1. The Kier molecular flexibility index (Phi) is 6.31. The number of amides is 1. The van der Waals surface area contributed by atoms with E-state index in [1.807, 2.05) is 18.2 Å². The van der Waals surface area contributed by atoms with Crippen molar-refractivity contribution in [2.45, 2.75) is 45.6 Å². The second-order valence-corrected chi connectivity index (χ2v) is 6.55. The number of hydrogen-bond donors (Lipinski definition) is 1. The number of carbonyl (C=O) groups excluding carboxylic acids is 1. The second kappa shape index (κ2) is 9.09. The van der Waals surface area contributed by atoms with Gasteiger partial charge in [-0.1, -0.05) is 50.5 Å². The van der Waals surface area contributed by atoms with E-state index in [1.54, 1.807) is 12.3 Å². The van der Waals surface area contributed by atoms with E-state index in [2.05, 4.69) is 46.5 Å². The third kappa shape index (κ3) is 4.88. The van der Waals surface area contributed by atoms with Crippen LogP contribution < -0.4 is 5.32 Å². The van der Waals surface area contributed by atoms with Crippen LogP contribution in [0.2, 0.25) is 0 Å². The highest BCUT2D eigenvalue weighted by atomic mass is 16.1. The van der Waals surface area contributed by atoms with Crippen LogP contribution in [0.25, 0.3) is 11.0 Å². The number of hydrogen-bond acceptors (Lipinski definition) is 3. The Morgan fingerprint density at radius 3 is 2.54 bits per heavy atom. The van der Waals surface area contributed by atoms with Crippen LogP contribution in [-0.4, -0.2) is 15.9 Å². The second-order valence-electron chi connectivity index (χ2n) is 6.55. The Morgan fingerprint density at radius 2 is 1.73 bits per heavy atom. The van der Waals surface area contributed by atoms with Crippen molar-refractivity contribution in [1.29, 1.82) is 0 Å². The monoisotopic (exact) mass is 347 g/mol. The Balaban J connectivity index is 1.53. The fourth-order valence-corrected chi connectivity index (χ4v) is 2.94. The lowest BCUT2D eigenvalue weighted by Gasteiger charge is -2.07. The van der Waals surface area contributed by atoms with Crippen LogP contribution in [0.5, 0.6) is 0 Å². The van der Waals surface area contributed by atoms with Gasteiger partial charge in [0.2, 0.25) is 0 Å². The highest BCUT2D eigenvalue weighted by Gasteiger charge is 2.08. The first kappa shape index (κ1) is 18.1. The lowest BCUT2D eigenvalue weighted by molar-refractivity contribution is 0.0946. The summed E-state index contributed by atoms with van der Waals surface area (Å²) in [7, 11) is 0. The lowest BCUT2D eigenvalue weighted by Crippen LogP contribution is -2.23. The van der Waals surface area contributed by atoms with Gasteiger partial charge in [0, 0.05) is 12.7 Å². The van der Waals surface area contributed by atoms with Crippen LogP contribution in [0.1, 0.15) is 54.2 Å². The van der Waals surface area contributed by atoms with Crippen molar-refractivity contribution in [1.82, 2.24) is 15.3 Å². The van der Waals surface area contributed by atoms with Crippen molar-refractivity contribution in [3.8, 4) is 0 Å². The average molecular weight is 347 g/mol. The van der Waals surface area contributed by atoms with Crippen LogP contribution in [0.3, 0.4) is 0 Å². The summed E-state index contributed by atoms with van der Waals surface area (Å²) in [4.78, 5) is 20.9. The summed E-state index contributed by atoms with van der Waals surface area (Å²) >= 11 is 0. The maximum atomic E-state index is 12.3. The normalized spacial score (nSPS) is 10.8. The van der Waals surface area contributed by atoms with Crippen LogP contribution in [-0.2, 0) is 13.0 Å². The van der Waals surface area contributed by atoms with E-state index in [4.69, 9.17) is 0 Å². The van der Waals surface area contributed by atoms with E-state index in [1.165, 1.54) is 31.2 Å². The highest BCUT2D eigenvalue weighted by molar-refractivity contribution is 5.94. The number of aromatic nitrogens is 2. The van der Waals surface area contributed by atoms with Crippen molar-refractivity contribution in [3.63, 3.8) is 0 Å². The van der Waals surface area contributed by atoms with Crippen LogP contribution in [0, 0.1) is 0 Å². The molecule has 3 rings (SSSR count). The predicted molar refractivity (Wildman–Crippen MR) is 105 cm³/mol. The molecular formula is C22H25N3O. The minimum atomic E-state index is -0.167. The van der Waals surface area contributed by atoms with E-state index >= 15 is 0 Å². The fraction of sp³-hybridized carbons (Fsp3) is 0.318. The topological polar surface area (TPSA) is 54.9 Å². The van der Waals surface area contributed by atoms with Gasteiger partial charge < -0.3 is 5.32 Å². The third-order valence-electron chi connectivity index (χ3n) is 4.48. The van der Waals surface area contributed by atoms with Crippen molar-refractivity contribution in [2.24, 2.45) is 0 Å². The molecule has 1 aromatic carbocycles. The molecule has 2 heterocycles. The van der Waals surface area contributed by atoms with Crippen LogP contribution in [0.4, 0.5) is 0 Å². The molecule has 4 heteroatoms.